The predicted octanol–water partition coefficient (Wildman–Crippen LogP) is 0.863. The minimum absolute atomic E-state index is 0.0304. The quantitative estimate of drug-likeness (QED) is 0.603. The second kappa shape index (κ2) is 7.90. The van der Waals surface area contributed by atoms with E-state index < -0.39 is 20.0 Å². The number of nitrogens with one attached hydrogen (secondary N) is 2. The molecule has 25 heavy (non-hydrogen) atoms. The zero-order chi connectivity index (χ0) is 18.7. The first kappa shape index (κ1) is 20.0. The van der Waals surface area contributed by atoms with Gasteiger partial charge in [-0.3, -0.25) is 4.72 Å². The third-order valence-electron chi connectivity index (χ3n) is 4.37. The molecule has 4 N–H and O–H groups in total. The molecule has 0 bridgehead atoms. The number of methoxy groups -OCH3 is 1. The van der Waals surface area contributed by atoms with Crippen LogP contribution >= 0.6 is 0 Å². The lowest BCUT2D eigenvalue weighted by Gasteiger charge is -2.20. The number of rotatable bonds is 8. The van der Waals surface area contributed by atoms with Crippen LogP contribution in [0.3, 0.4) is 0 Å². The van der Waals surface area contributed by atoms with Crippen molar-refractivity contribution in [3.8, 4) is 5.75 Å². The molecule has 0 radical (unpaired) electrons. The summed E-state index contributed by atoms with van der Waals surface area (Å²) in [5, 5.41) is 0. The van der Waals surface area contributed by atoms with Crippen molar-refractivity contribution in [2.24, 2.45) is 11.7 Å². The molecule has 0 saturated heterocycles. The second-order valence-corrected chi connectivity index (χ2v) is 9.72. The Balaban J connectivity index is 2.28. The molecule has 8 nitrogen and oxygen atoms in total. The molecule has 142 valence electrons. The van der Waals surface area contributed by atoms with Gasteiger partial charge < -0.3 is 10.5 Å². The van der Waals surface area contributed by atoms with E-state index >= 15 is 0 Å². The highest BCUT2D eigenvalue weighted by atomic mass is 32.2. The van der Waals surface area contributed by atoms with Crippen LogP contribution in [-0.2, 0) is 20.0 Å². The van der Waals surface area contributed by atoms with Gasteiger partial charge in [0, 0.05) is 12.1 Å². The first-order valence-electron chi connectivity index (χ1n) is 8.13. The van der Waals surface area contributed by atoms with Gasteiger partial charge in [0.2, 0.25) is 20.0 Å². The van der Waals surface area contributed by atoms with E-state index in [1.807, 2.05) is 0 Å². The van der Waals surface area contributed by atoms with E-state index in [9.17, 15) is 16.8 Å². The Morgan fingerprint density at radius 3 is 2.56 bits per heavy atom. The zero-order valence-corrected chi connectivity index (χ0v) is 16.0. The monoisotopic (exact) mass is 391 g/mol. The molecule has 0 aromatic heterocycles. The number of sulfonamides is 2. The average Bonchev–Trinajstić information content (AvgIpc) is 3.00. The smallest absolute Gasteiger partial charge is 0.244 e. The van der Waals surface area contributed by atoms with Crippen LogP contribution in [0.1, 0.15) is 26.2 Å². The van der Waals surface area contributed by atoms with Gasteiger partial charge in [-0.25, -0.2) is 21.6 Å². The molecule has 10 heteroatoms. The molecular formula is C15H25N3O5S2. The fourth-order valence-corrected chi connectivity index (χ4v) is 5.06. The minimum Gasteiger partial charge on any atom is -0.495 e. The van der Waals surface area contributed by atoms with Gasteiger partial charge in [0.1, 0.15) is 10.6 Å². The summed E-state index contributed by atoms with van der Waals surface area (Å²) < 4.78 is 59.0. The first-order valence-corrected chi connectivity index (χ1v) is 11.3. The SMILES string of the molecule is CCS(=O)(=O)Nc1ccc(S(=O)(=O)NC2CCCC2CN)c(OC)c1. The van der Waals surface area contributed by atoms with Crippen molar-refractivity contribution < 1.29 is 21.6 Å². The van der Waals surface area contributed by atoms with Crippen molar-refractivity contribution in [3.05, 3.63) is 18.2 Å². The number of anilines is 1. The lowest BCUT2D eigenvalue weighted by molar-refractivity contribution is 0.401. The van der Waals surface area contributed by atoms with Gasteiger partial charge in [0.05, 0.1) is 18.6 Å². The van der Waals surface area contributed by atoms with E-state index in [0.717, 1.165) is 19.3 Å². The molecule has 1 aliphatic carbocycles. The summed E-state index contributed by atoms with van der Waals surface area (Å²) in [5.41, 5.74) is 5.95. The maximum Gasteiger partial charge on any atom is 0.244 e. The normalized spacial score (nSPS) is 21.2. The van der Waals surface area contributed by atoms with Gasteiger partial charge >= 0.3 is 0 Å². The van der Waals surface area contributed by atoms with Crippen LogP contribution in [0.5, 0.6) is 5.75 Å². The Labute approximate surface area is 149 Å². The van der Waals surface area contributed by atoms with Gasteiger partial charge in [-0.2, -0.15) is 0 Å². The molecule has 2 atom stereocenters. The fraction of sp³-hybridized carbons (Fsp3) is 0.600. The predicted molar refractivity (Wildman–Crippen MR) is 96.6 cm³/mol. The van der Waals surface area contributed by atoms with Crippen molar-refractivity contribution in [2.75, 3.05) is 24.1 Å². The minimum atomic E-state index is -3.80. The van der Waals surface area contributed by atoms with E-state index in [1.165, 1.54) is 32.2 Å². The third kappa shape index (κ3) is 4.84. The molecule has 2 unspecified atom stereocenters. The first-order chi connectivity index (χ1) is 11.7. The van der Waals surface area contributed by atoms with Crippen molar-refractivity contribution in [2.45, 2.75) is 37.1 Å². The van der Waals surface area contributed by atoms with Gasteiger partial charge in [-0.05, 0) is 44.4 Å². The molecule has 1 aliphatic rings. The summed E-state index contributed by atoms with van der Waals surface area (Å²) in [5.74, 6) is 0.113. The van der Waals surface area contributed by atoms with Gasteiger partial charge in [-0.15, -0.1) is 0 Å². The van der Waals surface area contributed by atoms with Crippen LogP contribution in [0.25, 0.3) is 0 Å². The van der Waals surface area contributed by atoms with Crippen LogP contribution in [0.15, 0.2) is 23.1 Å². The van der Waals surface area contributed by atoms with Crippen molar-refractivity contribution in [1.82, 2.24) is 4.72 Å². The van der Waals surface area contributed by atoms with E-state index in [2.05, 4.69) is 9.44 Å². The molecule has 1 aromatic carbocycles. The molecule has 1 aromatic rings. The van der Waals surface area contributed by atoms with E-state index in [4.69, 9.17) is 10.5 Å². The summed E-state index contributed by atoms with van der Waals surface area (Å²) in [6.07, 6.45) is 2.58. The number of hydrogen-bond acceptors (Lipinski definition) is 6. The molecule has 0 spiro atoms. The van der Waals surface area contributed by atoms with E-state index in [0.29, 0.717) is 6.54 Å². The molecule has 0 amide bonds. The van der Waals surface area contributed by atoms with Crippen LogP contribution in [0.4, 0.5) is 5.69 Å². The Bertz CT molecular complexity index is 808. The molecule has 1 fully saturated rings. The fourth-order valence-electron chi connectivity index (χ4n) is 2.94. The Hall–Kier alpha value is -1.36. The Kier molecular flexibility index (Phi) is 6.30. The summed E-state index contributed by atoms with van der Waals surface area (Å²) in [6.45, 7) is 1.94. The average molecular weight is 392 g/mol. The van der Waals surface area contributed by atoms with Crippen molar-refractivity contribution in [3.63, 3.8) is 0 Å². The number of ether oxygens (including phenoxy) is 1. The summed E-state index contributed by atoms with van der Waals surface area (Å²) >= 11 is 0. The lowest BCUT2D eigenvalue weighted by atomic mass is 10.1. The van der Waals surface area contributed by atoms with Crippen LogP contribution < -0.4 is 19.9 Å². The van der Waals surface area contributed by atoms with Crippen LogP contribution in [0, 0.1) is 5.92 Å². The van der Waals surface area contributed by atoms with Gasteiger partial charge in [0.15, 0.2) is 0 Å². The molecule has 0 aliphatic heterocycles. The maximum absolute atomic E-state index is 12.7. The number of nitrogens with two attached hydrogens (primary N) is 1. The van der Waals surface area contributed by atoms with Crippen molar-refractivity contribution >= 4 is 25.7 Å². The third-order valence-corrected chi connectivity index (χ3v) is 7.21. The topological polar surface area (TPSA) is 128 Å². The Morgan fingerprint density at radius 1 is 1.24 bits per heavy atom. The molecule has 2 rings (SSSR count). The van der Waals surface area contributed by atoms with Crippen LogP contribution in [0.2, 0.25) is 0 Å². The highest BCUT2D eigenvalue weighted by Gasteiger charge is 2.31. The van der Waals surface area contributed by atoms with Crippen molar-refractivity contribution in [1.29, 1.82) is 0 Å². The standard InChI is InChI=1S/C15H25N3O5S2/c1-3-24(19,20)17-12-7-8-15(14(9-12)23-2)25(21,22)18-13-6-4-5-11(13)10-16/h7-9,11,13,17-18H,3-6,10,16H2,1-2H3. The summed E-state index contributed by atoms with van der Waals surface area (Å²) in [4.78, 5) is -0.0304. The van der Waals surface area contributed by atoms with E-state index in [1.54, 1.807) is 0 Å². The maximum atomic E-state index is 12.7. The number of hydrogen-bond donors (Lipinski definition) is 3. The highest BCUT2D eigenvalue weighted by molar-refractivity contribution is 7.92. The molecule has 1 saturated carbocycles. The van der Waals surface area contributed by atoms with Gasteiger partial charge in [0.25, 0.3) is 0 Å². The second-order valence-electron chi connectivity index (χ2n) is 6.03. The molecule has 0 heterocycles. The molecular weight excluding hydrogens is 366 g/mol. The van der Waals surface area contributed by atoms with Gasteiger partial charge in [-0.1, -0.05) is 6.42 Å². The summed E-state index contributed by atoms with van der Waals surface area (Å²) in [7, 11) is -5.92. The number of benzene rings is 1. The zero-order valence-electron chi connectivity index (χ0n) is 14.4. The lowest BCUT2D eigenvalue weighted by Crippen LogP contribution is -2.39. The van der Waals surface area contributed by atoms with Crippen LogP contribution in [-0.4, -0.2) is 42.3 Å². The summed E-state index contributed by atoms with van der Waals surface area (Å²) in [6, 6.07) is 3.90. The van der Waals surface area contributed by atoms with E-state index in [-0.39, 0.29) is 34.0 Å². The highest BCUT2D eigenvalue weighted by Crippen LogP contribution is 2.30. The largest absolute Gasteiger partial charge is 0.495 e. The Morgan fingerprint density at radius 2 is 1.96 bits per heavy atom.